The Morgan fingerprint density at radius 3 is 2.67 bits per heavy atom. The first-order valence-corrected chi connectivity index (χ1v) is 6.54. The second kappa shape index (κ2) is 4.39. The van der Waals surface area contributed by atoms with Gasteiger partial charge in [0.25, 0.3) is 0 Å². The first-order chi connectivity index (χ1) is 8.66. The van der Waals surface area contributed by atoms with Gasteiger partial charge < -0.3 is 9.73 Å². The maximum atomic E-state index is 13.7. The van der Waals surface area contributed by atoms with E-state index in [2.05, 4.69) is 19.2 Å². The molecule has 1 aliphatic heterocycles. The molecule has 3 heteroatoms. The van der Waals surface area contributed by atoms with Crippen LogP contribution in [0.4, 0.5) is 4.39 Å². The van der Waals surface area contributed by atoms with Crippen molar-refractivity contribution in [3.8, 4) is 0 Å². The van der Waals surface area contributed by atoms with Crippen LogP contribution < -0.4 is 5.32 Å². The number of halogens is 1. The SMILES string of the molecule is CC1CNCC(C)C1c1cc(F)cc2ccoc12. The Labute approximate surface area is 106 Å². The second-order valence-electron chi connectivity index (χ2n) is 5.47. The van der Waals surface area contributed by atoms with Crippen molar-refractivity contribution in [1.29, 1.82) is 0 Å². The smallest absolute Gasteiger partial charge is 0.137 e. The molecule has 0 saturated carbocycles. The number of benzene rings is 1. The van der Waals surface area contributed by atoms with Gasteiger partial charge in [-0.2, -0.15) is 0 Å². The Hall–Kier alpha value is -1.35. The summed E-state index contributed by atoms with van der Waals surface area (Å²) in [7, 11) is 0. The van der Waals surface area contributed by atoms with E-state index in [9.17, 15) is 4.39 Å². The van der Waals surface area contributed by atoms with E-state index < -0.39 is 0 Å². The van der Waals surface area contributed by atoms with Gasteiger partial charge in [-0.05, 0) is 49.0 Å². The number of furan rings is 1. The average Bonchev–Trinajstić information content (AvgIpc) is 2.76. The summed E-state index contributed by atoms with van der Waals surface area (Å²) < 4.78 is 19.3. The largest absolute Gasteiger partial charge is 0.464 e. The number of rotatable bonds is 1. The summed E-state index contributed by atoms with van der Waals surface area (Å²) in [5, 5.41) is 4.28. The fraction of sp³-hybridized carbons (Fsp3) is 0.467. The molecule has 1 fully saturated rings. The highest BCUT2D eigenvalue weighted by atomic mass is 19.1. The number of fused-ring (bicyclic) bond motifs is 1. The molecule has 2 heterocycles. The van der Waals surface area contributed by atoms with E-state index >= 15 is 0 Å². The molecule has 3 rings (SSSR count). The summed E-state index contributed by atoms with van der Waals surface area (Å²) in [6.07, 6.45) is 1.64. The van der Waals surface area contributed by atoms with Gasteiger partial charge in [-0.1, -0.05) is 13.8 Å². The van der Waals surface area contributed by atoms with Gasteiger partial charge in [0.1, 0.15) is 11.4 Å². The van der Waals surface area contributed by atoms with Crippen molar-refractivity contribution in [1.82, 2.24) is 5.32 Å². The maximum Gasteiger partial charge on any atom is 0.137 e. The number of nitrogens with one attached hydrogen (secondary N) is 1. The predicted octanol–water partition coefficient (Wildman–Crippen LogP) is 3.53. The monoisotopic (exact) mass is 247 g/mol. The van der Waals surface area contributed by atoms with Gasteiger partial charge in [-0.3, -0.25) is 0 Å². The van der Waals surface area contributed by atoms with Gasteiger partial charge >= 0.3 is 0 Å². The van der Waals surface area contributed by atoms with Gasteiger partial charge in [0.15, 0.2) is 0 Å². The molecule has 0 bridgehead atoms. The molecule has 2 unspecified atom stereocenters. The van der Waals surface area contributed by atoms with E-state index in [0.29, 0.717) is 17.8 Å². The van der Waals surface area contributed by atoms with Crippen LogP contribution in [0.15, 0.2) is 28.9 Å². The quantitative estimate of drug-likeness (QED) is 0.834. The highest BCUT2D eigenvalue weighted by Gasteiger charge is 2.31. The first-order valence-electron chi connectivity index (χ1n) is 6.54. The molecule has 0 aliphatic carbocycles. The van der Waals surface area contributed by atoms with Gasteiger partial charge in [-0.15, -0.1) is 0 Å². The lowest BCUT2D eigenvalue weighted by molar-refractivity contribution is 0.267. The molecule has 2 aromatic rings. The van der Waals surface area contributed by atoms with E-state index in [1.165, 1.54) is 0 Å². The van der Waals surface area contributed by atoms with Gasteiger partial charge in [0, 0.05) is 10.9 Å². The number of hydrogen-bond acceptors (Lipinski definition) is 2. The van der Waals surface area contributed by atoms with Crippen molar-refractivity contribution in [2.45, 2.75) is 19.8 Å². The summed E-state index contributed by atoms with van der Waals surface area (Å²) in [6.45, 7) is 6.39. The van der Waals surface area contributed by atoms with Crippen LogP contribution >= 0.6 is 0 Å². The molecule has 2 atom stereocenters. The standard InChI is InChI=1S/C15H18FNO/c1-9-7-17-8-10(2)14(9)13-6-12(16)5-11-3-4-18-15(11)13/h3-6,9-10,14,17H,7-8H2,1-2H3. The summed E-state index contributed by atoms with van der Waals surface area (Å²) in [6, 6.07) is 5.02. The highest BCUT2D eigenvalue weighted by molar-refractivity contribution is 5.81. The Morgan fingerprint density at radius 1 is 1.22 bits per heavy atom. The topological polar surface area (TPSA) is 25.2 Å². The van der Waals surface area contributed by atoms with E-state index in [1.54, 1.807) is 18.4 Å². The molecule has 0 amide bonds. The third-order valence-corrected chi connectivity index (χ3v) is 4.06. The second-order valence-corrected chi connectivity index (χ2v) is 5.47. The van der Waals surface area contributed by atoms with Crippen molar-refractivity contribution in [3.05, 3.63) is 35.8 Å². The lowest BCUT2D eigenvalue weighted by Crippen LogP contribution is -2.39. The van der Waals surface area contributed by atoms with Crippen LogP contribution in [0.3, 0.4) is 0 Å². The maximum absolute atomic E-state index is 13.7. The zero-order valence-electron chi connectivity index (χ0n) is 10.7. The zero-order chi connectivity index (χ0) is 12.7. The van der Waals surface area contributed by atoms with E-state index in [-0.39, 0.29) is 5.82 Å². The van der Waals surface area contributed by atoms with Crippen molar-refractivity contribution in [2.75, 3.05) is 13.1 Å². The molecular weight excluding hydrogens is 229 g/mol. The third-order valence-electron chi connectivity index (χ3n) is 4.06. The van der Waals surface area contributed by atoms with Crippen molar-refractivity contribution in [2.24, 2.45) is 11.8 Å². The lowest BCUT2D eigenvalue weighted by Gasteiger charge is -2.35. The molecule has 1 aliphatic rings. The molecule has 18 heavy (non-hydrogen) atoms. The Bertz CT molecular complexity index is 553. The molecule has 0 spiro atoms. The third kappa shape index (κ3) is 1.83. The molecule has 1 aromatic heterocycles. The molecule has 0 radical (unpaired) electrons. The zero-order valence-corrected chi connectivity index (χ0v) is 10.7. The molecule has 1 saturated heterocycles. The average molecular weight is 247 g/mol. The van der Waals surface area contributed by atoms with E-state index in [0.717, 1.165) is 29.6 Å². The molecule has 2 nitrogen and oxygen atoms in total. The van der Waals surface area contributed by atoms with Gasteiger partial charge in [0.05, 0.1) is 6.26 Å². The number of hydrogen-bond donors (Lipinski definition) is 1. The molecule has 1 N–H and O–H groups in total. The Morgan fingerprint density at radius 2 is 1.94 bits per heavy atom. The molecule has 96 valence electrons. The Kier molecular flexibility index (Phi) is 2.86. The van der Waals surface area contributed by atoms with E-state index in [4.69, 9.17) is 4.42 Å². The highest BCUT2D eigenvalue weighted by Crippen LogP contribution is 2.38. The van der Waals surface area contributed by atoms with Gasteiger partial charge in [-0.25, -0.2) is 4.39 Å². The number of piperidine rings is 1. The minimum Gasteiger partial charge on any atom is -0.464 e. The minimum atomic E-state index is -0.170. The fourth-order valence-corrected chi connectivity index (χ4v) is 3.29. The molecule has 1 aromatic carbocycles. The fourth-order valence-electron chi connectivity index (χ4n) is 3.29. The van der Waals surface area contributed by atoms with Crippen LogP contribution in [0, 0.1) is 17.7 Å². The van der Waals surface area contributed by atoms with Crippen LogP contribution in [0.1, 0.15) is 25.3 Å². The van der Waals surface area contributed by atoms with Crippen LogP contribution in [0.5, 0.6) is 0 Å². The summed E-state index contributed by atoms with van der Waals surface area (Å²) in [5.41, 5.74) is 1.87. The van der Waals surface area contributed by atoms with Crippen LogP contribution in [-0.4, -0.2) is 13.1 Å². The van der Waals surface area contributed by atoms with Crippen molar-refractivity contribution >= 4 is 11.0 Å². The first kappa shape index (κ1) is 11.7. The predicted molar refractivity (Wildman–Crippen MR) is 70.1 cm³/mol. The normalized spacial score (nSPS) is 28.7. The summed E-state index contributed by atoms with van der Waals surface area (Å²) in [4.78, 5) is 0. The van der Waals surface area contributed by atoms with Crippen molar-refractivity contribution < 1.29 is 8.81 Å². The van der Waals surface area contributed by atoms with Crippen LogP contribution in [0.2, 0.25) is 0 Å². The lowest BCUT2D eigenvalue weighted by atomic mass is 9.75. The minimum absolute atomic E-state index is 0.170. The van der Waals surface area contributed by atoms with Crippen LogP contribution in [0.25, 0.3) is 11.0 Å². The molecular formula is C15H18FNO. The summed E-state index contributed by atoms with van der Waals surface area (Å²) >= 11 is 0. The Balaban J connectivity index is 2.14. The summed E-state index contributed by atoms with van der Waals surface area (Å²) in [5.74, 6) is 1.17. The van der Waals surface area contributed by atoms with Gasteiger partial charge in [0.2, 0.25) is 0 Å². The van der Waals surface area contributed by atoms with Crippen LogP contribution in [-0.2, 0) is 0 Å². The van der Waals surface area contributed by atoms with Crippen molar-refractivity contribution in [3.63, 3.8) is 0 Å². The van der Waals surface area contributed by atoms with E-state index in [1.807, 2.05) is 6.07 Å².